The van der Waals surface area contributed by atoms with Gasteiger partial charge in [-0.05, 0) is 64.8 Å². The maximum Gasteiger partial charge on any atom is 0.336 e. The van der Waals surface area contributed by atoms with E-state index in [1.165, 1.54) is 6.07 Å². The third-order valence-electron chi connectivity index (χ3n) is 4.23. The lowest BCUT2D eigenvalue weighted by molar-refractivity contribution is -0.117. The minimum atomic E-state index is -0.427. The number of fused-ring (bicyclic) bond motifs is 1. The number of carbonyl (C=O) groups is 1. The number of hydrogen-bond donors (Lipinski definition) is 1. The van der Waals surface area contributed by atoms with Gasteiger partial charge in [-0.15, -0.1) is 0 Å². The summed E-state index contributed by atoms with van der Waals surface area (Å²) in [5, 5.41) is 4.14. The van der Waals surface area contributed by atoms with Crippen LogP contribution in [0.3, 0.4) is 0 Å². The molecule has 1 aromatic carbocycles. The van der Waals surface area contributed by atoms with Crippen LogP contribution in [0, 0.1) is 0 Å². The van der Waals surface area contributed by atoms with Gasteiger partial charge >= 0.3 is 5.63 Å². The van der Waals surface area contributed by atoms with Crippen molar-refractivity contribution in [2.24, 2.45) is 0 Å². The fraction of sp³-hybridized carbons (Fsp3) is 0.250. The molecule has 0 fully saturated rings. The Kier molecular flexibility index (Phi) is 6.49. The highest BCUT2D eigenvalue weighted by Crippen LogP contribution is 2.26. The Labute approximate surface area is 175 Å². The molecule has 0 spiro atoms. The van der Waals surface area contributed by atoms with Crippen LogP contribution >= 0.6 is 27.5 Å². The number of aryl methyl sites for hydroxylation is 1. The van der Waals surface area contributed by atoms with E-state index in [4.69, 9.17) is 16.0 Å². The van der Waals surface area contributed by atoms with E-state index in [-0.39, 0.29) is 12.5 Å². The molecule has 0 radical (unpaired) electrons. The second-order valence-electron chi connectivity index (χ2n) is 6.47. The van der Waals surface area contributed by atoms with E-state index in [0.29, 0.717) is 23.0 Å². The Morgan fingerprint density at radius 1 is 1.29 bits per heavy atom. The summed E-state index contributed by atoms with van der Waals surface area (Å²) in [7, 11) is 1.80. The standard InChI is InChI=1S/C20H19BrClN3O3/c1-3-12-6-17-15(8-16(12)22)13(7-20(27)28-17)10-25(2)11-19(26)24-18-5-4-14(21)9-23-18/h4-9H,3,10-11H2,1-2H3,(H,23,24,26). The van der Waals surface area contributed by atoms with Gasteiger partial charge in [-0.25, -0.2) is 9.78 Å². The number of aromatic nitrogens is 1. The van der Waals surface area contributed by atoms with Gasteiger partial charge in [0.05, 0.1) is 6.54 Å². The fourth-order valence-corrected chi connectivity index (χ4v) is 3.45. The highest BCUT2D eigenvalue weighted by molar-refractivity contribution is 9.10. The summed E-state index contributed by atoms with van der Waals surface area (Å²) < 4.78 is 6.16. The Morgan fingerprint density at radius 2 is 2.07 bits per heavy atom. The monoisotopic (exact) mass is 463 g/mol. The lowest BCUT2D eigenvalue weighted by atomic mass is 10.1. The van der Waals surface area contributed by atoms with Gasteiger partial charge in [-0.2, -0.15) is 0 Å². The van der Waals surface area contributed by atoms with Crippen LogP contribution in [0.15, 0.2) is 50.2 Å². The van der Waals surface area contributed by atoms with Crippen molar-refractivity contribution in [3.05, 3.63) is 67.6 Å². The van der Waals surface area contributed by atoms with Gasteiger partial charge in [0.1, 0.15) is 11.4 Å². The number of hydrogen-bond acceptors (Lipinski definition) is 5. The zero-order chi connectivity index (χ0) is 20.3. The fourth-order valence-electron chi connectivity index (χ4n) is 2.91. The molecule has 0 atom stereocenters. The summed E-state index contributed by atoms with van der Waals surface area (Å²) in [5.41, 5.74) is 1.75. The van der Waals surface area contributed by atoms with E-state index in [2.05, 4.69) is 26.2 Å². The van der Waals surface area contributed by atoms with Gasteiger partial charge in [0.2, 0.25) is 5.91 Å². The van der Waals surface area contributed by atoms with E-state index in [0.717, 1.165) is 27.4 Å². The predicted octanol–water partition coefficient (Wildman–Crippen LogP) is 4.24. The minimum absolute atomic E-state index is 0.139. The first-order chi connectivity index (χ1) is 13.4. The molecular weight excluding hydrogens is 446 g/mol. The summed E-state index contributed by atoms with van der Waals surface area (Å²) >= 11 is 9.63. The van der Waals surface area contributed by atoms with E-state index in [9.17, 15) is 9.59 Å². The zero-order valence-corrected chi connectivity index (χ0v) is 17.8. The third-order valence-corrected chi connectivity index (χ3v) is 5.05. The van der Waals surface area contributed by atoms with Crippen molar-refractivity contribution in [1.82, 2.24) is 9.88 Å². The van der Waals surface area contributed by atoms with Crippen LogP contribution in [0.25, 0.3) is 11.0 Å². The number of nitrogens with zero attached hydrogens (tertiary/aromatic N) is 2. The molecule has 8 heteroatoms. The van der Waals surface area contributed by atoms with E-state index >= 15 is 0 Å². The molecule has 6 nitrogen and oxygen atoms in total. The molecule has 0 aliphatic carbocycles. The third kappa shape index (κ3) is 4.98. The Balaban J connectivity index is 1.76. The predicted molar refractivity (Wildman–Crippen MR) is 114 cm³/mol. The molecule has 0 aliphatic rings. The minimum Gasteiger partial charge on any atom is -0.423 e. The molecule has 0 bridgehead atoms. The normalized spacial score (nSPS) is 11.2. The number of halogens is 2. The zero-order valence-electron chi connectivity index (χ0n) is 15.5. The second-order valence-corrected chi connectivity index (χ2v) is 7.79. The molecule has 28 heavy (non-hydrogen) atoms. The van der Waals surface area contributed by atoms with Gasteiger partial charge in [-0.3, -0.25) is 9.69 Å². The van der Waals surface area contributed by atoms with Crippen LogP contribution in [0.2, 0.25) is 5.02 Å². The molecule has 0 saturated carbocycles. The van der Waals surface area contributed by atoms with Gasteiger partial charge in [-0.1, -0.05) is 18.5 Å². The Bertz CT molecular complexity index is 1070. The van der Waals surface area contributed by atoms with Crippen molar-refractivity contribution >= 4 is 50.2 Å². The number of nitrogens with one attached hydrogen (secondary N) is 1. The molecule has 1 amide bonds. The number of anilines is 1. The van der Waals surface area contributed by atoms with Crippen molar-refractivity contribution in [2.75, 3.05) is 18.9 Å². The smallest absolute Gasteiger partial charge is 0.336 e. The van der Waals surface area contributed by atoms with Crippen LogP contribution in [0.5, 0.6) is 0 Å². The summed E-state index contributed by atoms with van der Waals surface area (Å²) in [6.07, 6.45) is 2.36. The van der Waals surface area contributed by atoms with E-state index in [1.807, 2.05) is 17.9 Å². The highest BCUT2D eigenvalue weighted by atomic mass is 79.9. The number of pyridine rings is 1. The molecule has 2 aromatic heterocycles. The van der Waals surface area contributed by atoms with Gasteiger partial charge in [0.15, 0.2) is 0 Å². The Morgan fingerprint density at radius 3 is 2.75 bits per heavy atom. The van der Waals surface area contributed by atoms with E-state index < -0.39 is 5.63 Å². The highest BCUT2D eigenvalue weighted by Gasteiger charge is 2.13. The van der Waals surface area contributed by atoms with Crippen LogP contribution in [0.4, 0.5) is 5.82 Å². The molecule has 3 aromatic rings. The number of amides is 1. The largest absolute Gasteiger partial charge is 0.423 e. The molecular formula is C20H19BrClN3O3. The van der Waals surface area contributed by atoms with Crippen molar-refractivity contribution in [3.63, 3.8) is 0 Å². The van der Waals surface area contributed by atoms with Crippen LogP contribution in [-0.2, 0) is 17.8 Å². The number of likely N-dealkylation sites (N-methyl/N-ethyl adjacent to an activating group) is 1. The number of carbonyl (C=O) groups excluding carboxylic acids is 1. The molecule has 0 unspecified atom stereocenters. The first-order valence-electron chi connectivity index (χ1n) is 8.71. The lowest BCUT2D eigenvalue weighted by Crippen LogP contribution is -2.30. The molecule has 146 valence electrons. The maximum atomic E-state index is 12.3. The molecule has 1 N–H and O–H groups in total. The van der Waals surface area contributed by atoms with Crippen molar-refractivity contribution in [1.29, 1.82) is 0 Å². The quantitative estimate of drug-likeness (QED) is 0.552. The van der Waals surface area contributed by atoms with Crippen LogP contribution < -0.4 is 10.9 Å². The first-order valence-corrected chi connectivity index (χ1v) is 9.88. The van der Waals surface area contributed by atoms with Crippen LogP contribution in [0.1, 0.15) is 18.1 Å². The second kappa shape index (κ2) is 8.86. The molecule has 0 saturated heterocycles. The van der Waals surface area contributed by atoms with Gasteiger partial charge in [0, 0.05) is 33.7 Å². The topological polar surface area (TPSA) is 75.4 Å². The lowest BCUT2D eigenvalue weighted by Gasteiger charge is -2.17. The molecule has 0 aliphatic heterocycles. The number of benzene rings is 1. The average Bonchev–Trinajstić information content (AvgIpc) is 2.63. The van der Waals surface area contributed by atoms with Crippen LogP contribution in [-0.4, -0.2) is 29.4 Å². The Hall–Kier alpha value is -2.22. The summed E-state index contributed by atoms with van der Waals surface area (Å²) in [4.78, 5) is 30.1. The van der Waals surface area contributed by atoms with Gasteiger partial charge < -0.3 is 9.73 Å². The molecule has 3 rings (SSSR count). The summed E-state index contributed by atoms with van der Waals surface area (Å²) in [6, 6.07) is 8.57. The first kappa shape index (κ1) is 20.5. The maximum absolute atomic E-state index is 12.3. The van der Waals surface area contributed by atoms with Crippen molar-refractivity contribution in [2.45, 2.75) is 19.9 Å². The van der Waals surface area contributed by atoms with E-state index in [1.54, 1.807) is 31.4 Å². The SMILES string of the molecule is CCc1cc2oc(=O)cc(CN(C)CC(=O)Nc3ccc(Br)cn3)c2cc1Cl. The van der Waals surface area contributed by atoms with Crippen molar-refractivity contribution in [3.8, 4) is 0 Å². The number of rotatable bonds is 6. The average molecular weight is 465 g/mol. The van der Waals surface area contributed by atoms with Gasteiger partial charge in [0.25, 0.3) is 0 Å². The van der Waals surface area contributed by atoms with Crippen molar-refractivity contribution < 1.29 is 9.21 Å². The molecule has 2 heterocycles. The summed E-state index contributed by atoms with van der Waals surface area (Å²) in [5.74, 6) is 0.280. The summed E-state index contributed by atoms with van der Waals surface area (Å²) in [6.45, 7) is 2.52.